The first-order valence-corrected chi connectivity index (χ1v) is 12.4. The lowest BCUT2D eigenvalue weighted by atomic mass is 10.0. The van der Waals surface area contributed by atoms with Crippen LogP contribution in [0.2, 0.25) is 0 Å². The van der Waals surface area contributed by atoms with Crippen molar-refractivity contribution in [1.82, 2.24) is 15.2 Å². The smallest absolute Gasteiger partial charge is 0.357 e. The Balaban J connectivity index is 1.59. The monoisotopic (exact) mass is 511 g/mol. The Labute approximate surface area is 203 Å². The molecule has 0 spiro atoms. The van der Waals surface area contributed by atoms with Crippen LogP contribution >= 0.6 is 23.1 Å². The molecule has 14 heteroatoms. The highest BCUT2D eigenvalue weighted by atomic mass is 32.2. The van der Waals surface area contributed by atoms with Gasteiger partial charge in [0.25, 0.3) is 11.8 Å². The van der Waals surface area contributed by atoms with Crippen LogP contribution < -0.4 is 11.1 Å². The summed E-state index contributed by atoms with van der Waals surface area (Å²) in [6.45, 7) is 3.19. The average molecular weight is 512 g/mol. The van der Waals surface area contributed by atoms with Crippen LogP contribution in [0.4, 0.5) is 5.13 Å². The summed E-state index contributed by atoms with van der Waals surface area (Å²) in [6, 6.07) is -0.889. The van der Waals surface area contributed by atoms with Gasteiger partial charge in [-0.1, -0.05) is 19.0 Å². The summed E-state index contributed by atoms with van der Waals surface area (Å²) >= 11 is 2.50. The van der Waals surface area contributed by atoms with Gasteiger partial charge in [0.2, 0.25) is 6.79 Å². The fourth-order valence-corrected chi connectivity index (χ4v) is 5.13. The van der Waals surface area contributed by atoms with Gasteiger partial charge in [0.1, 0.15) is 29.9 Å². The number of fused-ring (bicyclic) bond motifs is 1. The number of hydrogen-bond donors (Lipinski definition) is 2. The molecule has 2 atom stereocenters. The predicted molar refractivity (Wildman–Crippen MR) is 124 cm³/mol. The first-order chi connectivity index (χ1) is 16.3. The Morgan fingerprint density at radius 1 is 1.32 bits per heavy atom. The lowest BCUT2D eigenvalue weighted by Crippen LogP contribution is -2.70. The largest absolute Gasteiger partial charge is 0.428 e. The molecule has 34 heavy (non-hydrogen) atoms. The zero-order valence-electron chi connectivity index (χ0n) is 18.8. The van der Waals surface area contributed by atoms with Gasteiger partial charge in [0, 0.05) is 11.1 Å². The van der Waals surface area contributed by atoms with Crippen LogP contribution in [-0.2, 0) is 33.5 Å². The number of nitrogens with zero attached hydrogens (tertiary/aromatic N) is 3. The highest BCUT2D eigenvalue weighted by Gasteiger charge is 2.53. The summed E-state index contributed by atoms with van der Waals surface area (Å²) in [5.74, 6) is -2.24. The molecule has 3 heterocycles. The summed E-state index contributed by atoms with van der Waals surface area (Å²) in [5.41, 5.74) is 5.75. The SMILES string of the molecule is CCC(CC)C(=O)OCOC(=O)C1=CCS[C@H]2C(NC(=O)C(=NOC)c3csc(N)n3)C(=O)N12. The van der Waals surface area contributed by atoms with Crippen LogP contribution in [0.1, 0.15) is 32.4 Å². The Morgan fingerprint density at radius 2 is 2.06 bits per heavy atom. The number of carbonyl (C=O) groups is 4. The summed E-state index contributed by atoms with van der Waals surface area (Å²) in [6.07, 6.45) is 2.79. The molecule has 1 unspecified atom stereocenters. The maximum atomic E-state index is 12.8. The average Bonchev–Trinajstić information content (AvgIpc) is 3.26. The first kappa shape index (κ1) is 25.5. The molecule has 0 aliphatic carbocycles. The molecule has 1 fully saturated rings. The number of thiazole rings is 1. The number of amides is 2. The van der Waals surface area contributed by atoms with Gasteiger partial charge >= 0.3 is 11.9 Å². The number of esters is 2. The molecule has 0 aromatic carbocycles. The molecule has 2 amide bonds. The van der Waals surface area contributed by atoms with Crippen LogP contribution in [0.25, 0.3) is 0 Å². The second-order valence-corrected chi connectivity index (χ2v) is 9.23. The molecule has 2 aliphatic heterocycles. The first-order valence-electron chi connectivity index (χ1n) is 10.4. The molecule has 3 rings (SSSR count). The van der Waals surface area contributed by atoms with E-state index in [1.807, 2.05) is 13.8 Å². The van der Waals surface area contributed by atoms with Crippen molar-refractivity contribution in [3.05, 3.63) is 22.8 Å². The fraction of sp³-hybridized carbons (Fsp3) is 0.500. The number of thioether (sulfide) groups is 1. The van der Waals surface area contributed by atoms with Crippen molar-refractivity contribution in [2.75, 3.05) is 25.4 Å². The maximum Gasteiger partial charge on any atom is 0.357 e. The van der Waals surface area contributed by atoms with Crippen molar-refractivity contribution in [3.63, 3.8) is 0 Å². The van der Waals surface area contributed by atoms with Gasteiger partial charge in [-0.3, -0.25) is 19.3 Å². The zero-order valence-corrected chi connectivity index (χ0v) is 20.4. The van der Waals surface area contributed by atoms with Gasteiger partial charge in [0.05, 0.1) is 5.92 Å². The number of ether oxygens (including phenoxy) is 2. The highest BCUT2D eigenvalue weighted by molar-refractivity contribution is 8.00. The molecule has 0 bridgehead atoms. The molecule has 12 nitrogen and oxygen atoms in total. The molecular formula is C20H25N5O7S2. The number of carbonyl (C=O) groups excluding carboxylic acids is 4. The number of nitrogens with two attached hydrogens (primary N) is 1. The van der Waals surface area contributed by atoms with Gasteiger partial charge in [-0.15, -0.1) is 23.1 Å². The Kier molecular flexibility index (Phi) is 8.50. The highest BCUT2D eigenvalue weighted by Crippen LogP contribution is 2.37. The molecule has 1 saturated heterocycles. The van der Waals surface area contributed by atoms with E-state index in [1.54, 1.807) is 11.5 Å². The van der Waals surface area contributed by atoms with Crippen molar-refractivity contribution in [3.8, 4) is 0 Å². The number of aromatic nitrogens is 1. The van der Waals surface area contributed by atoms with Crippen molar-refractivity contribution in [2.45, 2.75) is 38.1 Å². The molecule has 184 valence electrons. The Bertz CT molecular complexity index is 1020. The molecule has 0 radical (unpaired) electrons. The van der Waals surface area contributed by atoms with Crippen molar-refractivity contribution in [1.29, 1.82) is 0 Å². The third kappa shape index (κ3) is 5.33. The normalized spacial score (nSPS) is 19.6. The third-order valence-corrected chi connectivity index (χ3v) is 7.07. The van der Waals surface area contributed by atoms with Crippen molar-refractivity contribution in [2.24, 2.45) is 11.1 Å². The van der Waals surface area contributed by atoms with E-state index in [1.165, 1.54) is 23.8 Å². The van der Waals surface area contributed by atoms with Gasteiger partial charge < -0.3 is 25.4 Å². The summed E-state index contributed by atoms with van der Waals surface area (Å²) < 4.78 is 10.1. The van der Waals surface area contributed by atoms with Crippen molar-refractivity contribution < 1.29 is 33.5 Å². The number of hydrogen-bond acceptors (Lipinski definition) is 12. The minimum Gasteiger partial charge on any atom is -0.428 e. The van der Waals surface area contributed by atoms with Crippen LogP contribution in [0, 0.1) is 5.92 Å². The molecule has 2 aliphatic rings. The van der Waals surface area contributed by atoms with E-state index in [0.29, 0.717) is 18.6 Å². The molecule has 1 aromatic rings. The Morgan fingerprint density at radius 3 is 2.68 bits per heavy atom. The summed E-state index contributed by atoms with van der Waals surface area (Å²) in [7, 11) is 1.28. The Hall–Kier alpha value is -3.13. The third-order valence-electron chi connectivity index (χ3n) is 5.21. The number of rotatable bonds is 10. The van der Waals surface area contributed by atoms with E-state index in [-0.39, 0.29) is 28.2 Å². The van der Waals surface area contributed by atoms with Gasteiger partial charge in [-0.25, -0.2) is 9.78 Å². The van der Waals surface area contributed by atoms with Crippen LogP contribution in [-0.4, -0.2) is 70.4 Å². The molecule has 3 N–H and O–H groups in total. The molecular weight excluding hydrogens is 486 g/mol. The fourth-order valence-electron chi connectivity index (χ4n) is 3.39. The second kappa shape index (κ2) is 11.3. The van der Waals surface area contributed by atoms with E-state index in [2.05, 4.69) is 15.5 Å². The standard InChI is InChI=1S/C20H25N5O7S2/c1-4-10(5-2)18(28)31-9-32-19(29)12-6-7-33-17-14(16(27)25(12)17)23-15(26)13(24-30-3)11-8-34-20(21)22-11/h6,8,10,14,17H,4-5,7,9H2,1-3H3,(H2,21,22)(H,23,26)/t14?,17-/m0/s1. The quantitative estimate of drug-likeness (QED) is 0.151. The van der Waals surface area contributed by atoms with Crippen LogP contribution in [0.15, 0.2) is 22.3 Å². The molecule has 0 saturated carbocycles. The summed E-state index contributed by atoms with van der Waals surface area (Å²) in [4.78, 5) is 60.0. The number of oxime groups is 1. The topological polar surface area (TPSA) is 163 Å². The summed E-state index contributed by atoms with van der Waals surface area (Å²) in [5, 5.41) is 7.59. The van der Waals surface area contributed by atoms with Gasteiger partial charge in [-0.2, -0.15) is 0 Å². The minimum atomic E-state index is -0.889. The number of nitrogen functional groups attached to an aromatic ring is 1. The number of anilines is 1. The second-order valence-electron chi connectivity index (χ2n) is 7.19. The minimum absolute atomic E-state index is 0.0379. The van der Waals surface area contributed by atoms with Gasteiger partial charge in [0.15, 0.2) is 10.8 Å². The molecule has 1 aromatic heterocycles. The number of nitrogens with one attached hydrogen (secondary N) is 1. The van der Waals surface area contributed by atoms with Crippen LogP contribution in [0.5, 0.6) is 0 Å². The number of β-lactam (4-membered cyclic amide) rings is 1. The lowest BCUT2D eigenvalue weighted by Gasteiger charge is -2.48. The van der Waals surface area contributed by atoms with E-state index in [4.69, 9.17) is 20.0 Å². The zero-order chi connectivity index (χ0) is 24.8. The van der Waals surface area contributed by atoms with E-state index in [0.717, 1.165) is 11.3 Å². The van der Waals surface area contributed by atoms with Crippen molar-refractivity contribution >= 4 is 57.7 Å². The van der Waals surface area contributed by atoms with E-state index in [9.17, 15) is 19.2 Å². The van der Waals surface area contributed by atoms with E-state index < -0.39 is 42.0 Å². The van der Waals surface area contributed by atoms with Crippen LogP contribution in [0.3, 0.4) is 0 Å². The predicted octanol–water partition coefficient (Wildman–Crippen LogP) is 0.840. The van der Waals surface area contributed by atoms with Gasteiger partial charge in [-0.05, 0) is 18.9 Å². The lowest BCUT2D eigenvalue weighted by molar-refractivity contribution is -0.170. The van der Waals surface area contributed by atoms with E-state index >= 15 is 0 Å². The maximum absolute atomic E-state index is 12.8.